The molecule has 0 saturated carbocycles. The number of hydrogen-bond donors (Lipinski definition) is 2. The van der Waals surface area contributed by atoms with Crippen LogP contribution in [0.1, 0.15) is 24.5 Å². The summed E-state index contributed by atoms with van der Waals surface area (Å²) in [5.74, 6) is -1.02. The first-order valence-corrected chi connectivity index (χ1v) is 7.91. The molecule has 0 atom stereocenters. The van der Waals surface area contributed by atoms with Gasteiger partial charge in [0.25, 0.3) is 0 Å². The van der Waals surface area contributed by atoms with E-state index < -0.39 is 5.82 Å². The Morgan fingerprint density at radius 1 is 1.12 bits per heavy atom. The monoisotopic (exact) mass is 348 g/mol. The number of rotatable bonds is 5. The summed E-state index contributed by atoms with van der Waals surface area (Å²) < 4.78 is 13.8. The molecule has 0 radical (unpaired) electrons. The van der Waals surface area contributed by atoms with Crippen LogP contribution >= 0.6 is 11.6 Å². The fourth-order valence-corrected chi connectivity index (χ4v) is 2.37. The highest BCUT2D eigenvalue weighted by Crippen LogP contribution is 2.23. The molecule has 2 aromatic rings. The van der Waals surface area contributed by atoms with Gasteiger partial charge >= 0.3 is 0 Å². The maximum Gasteiger partial charge on any atom is 0.228 e. The average Bonchev–Trinajstić information content (AvgIpc) is 2.54. The molecule has 0 heterocycles. The Morgan fingerprint density at radius 2 is 1.88 bits per heavy atom. The summed E-state index contributed by atoms with van der Waals surface area (Å²) in [5, 5.41) is 5.67. The Bertz CT molecular complexity index is 757. The molecule has 0 aliphatic rings. The van der Waals surface area contributed by atoms with Crippen molar-refractivity contribution in [3.05, 3.63) is 58.4 Å². The fourth-order valence-electron chi connectivity index (χ4n) is 2.14. The van der Waals surface area contributed by atoms with E-state index in [2.05, 4.69) is 10.6 Å². The highest BCUT2D eigenvalue weighted by molar-refractivity contribution is 6.31. The van der Waals surface area contributed by atoms with Crippen molar-refractivity contribution >= 4 is 34.8 Å². The van der Waals surface area contributed by atoms with Gasteiger partial charge in [0.05, 0.1) is 6.42 Å². The molecule has 2 amide bonds. The number of benzene rings is 2. The van der Waals surface area contributed by atoms with E-state index in [1.54, 1.807) is 31.2 Å². The lowest BCUT2D eigenvalue weighted by Gasteiger charge is -2.12. The van der Waals surface area contributed by atoms with Crippen LogP contribution in [0.3, 0.4) is 0 Å². The van der Waals surface area contributed by atoms with Crippen molar-refractivity contribution in [1.82, 2.24) is 0 Å². The quantitative estimate of drug-likeness (QED) is 0.845. The smallest absolute Gasteiger partial charge is 0.228 e. The van der Waals surface area contributed by atoms with Gasteiger partial charge < -0.3 is 10.6 Å². The summed E-state index contributed by atoms with van der Waals surface area (Å²) in [6.45, 7) is 3.58. The number of aryl methyl sites for hydroxylation is 1. The Balaban J connectivity index is 2.13. The van der Waals surface area contributed by atoms with Gasteiger partial charge in [-0.25, -0.2) is 4.39 Å². The van der Waals surface area contributed by atoms with Gasteiger partial charge in [-0.15, -0.1) is 0 Å². The molecule has 0 unspecified atom stereocenters. The number of anilines is 2. The third-order valence-corrected chi connectivity index (χ3v) is 3.87. The molecule has 0 aromatic heterocycles. The SMILES string of the molecule is CCC(=O)Nc1ccc(C)c(NC(=O)Cc2c(F)cccc2Cl)c1. The molecular weight excluding hydrogens is 331 g/mol. The van der Waals surface area contributed by atoms with Crippen molar-refractivity contribution in [3.63, 3.8) is 0 Å². The van der Waals surface area contributed by atoms with Crippen molar-refractivity contribution in [2.75, 3.05) is 10.6 Å². The van der Waals surface area contributed by atoms with E-state index in [0.717, 1.165) is 5.56 Å². The number of halogens is 2. The topological polar surface area (TPSA) is 58.2 Å². The summed E-state index contributed by atoms with van der Waals surface area (Å²) in [6.07, 6.45) is 0.192. The molecular formula is C18H18ClFN2O2. The second-order valence-corrected chi connectivity index (χ2v) is 5.76. The highest BCUT2D eigenvalue weighted by Gasteiger charge is 2.13. The van der Waals surface area contributed by atoms with Crippen LogP contribution in [0, 0.1) is 12.7 Å². The number of carbonyl (C=O) groups is 2. The predicted octanol–water partition coefficient (Wildman–Crippen LogP) is 4.32. The first-order chi connectivity index (χ1) is 11.4. The van der Waals surface area contributed by atoms with Gasteiger partial charge in [-0.2, -0.15) is 0 Å². The molecule has 2 N–H and O–H groups in total. The van der Waals surface area contributed by atoms with Gasteiger partial charge in [-0.05, 0) is 36.8 Å². The van der Waals surface area contributed by atoms with E-state index in [0.29, 0.717) is 17.8 Å². The zero-order valence-corrected chi connectivity index (χ0v) is 14.2. The van der Waals surface area contributed by atoms with E-state index in [4.69, 9.17) is 11.6 Å². The number of nitrogens with one attached hydrogen (secondary N) is 2. The Hall–Kier alpha value is -2.40. The van der Waals surface area contributed by atoms with Crippen molar-refractivity contribution in [1.29, 1.82) is 0 Å². The minimum atomic E-state index is -0.515. The van der Waals surface area contributed by atoms with Crippen molar-refractivity contribution in [2.45, 2.75) is 26.7 Å². The Labute approximate surface area is 145 Å². The van der Waals surface area contributed by atoms with Gasteiger partial charge in [0, 0.05) is 28.4 Å². The van der Waals surface area contributed by atoms with E-state index in [-0.39, 0.29) is 28.8 Å². The molecule has 0 bridgehead atoms. The zero-order chi connectivity index (χ0) is 17.7. The fraction of sp³-hybridized carbons (Fsp3) is 0.222. The summed E-state index contributed by atoms with van der Waals surface area (Å²) in [6, 6.07) is 9.51. The van der Waals surface area contributed by atoms with Crippen LogP contribution in [0.4, 0.5) is 15.8 Å². The minimum absolute atomic E-state index is 0.116. The largest absolute Gasteiger partial charge is 0.326 e. The van der Waals surface area contributed by atoms with Crippen LogP contribution in [0.25, 0.3) is 0 Å². The zero-order valence-electron chi connectivity index (χ0n) is 13.5. The normalized spacial score (nSPS) is 10.3. The maximum atomic E-state index is 13.8. The van der Waals surface area contributed by atoms with Crippen molar-refractivity contribution < 1.29 is 14.0 Å². The number of amides is 2. The highest BCUT2D eigenvalue weighted by atomic mass is 35.5. The lowest BCUT2D eigenvalue weighted by molar-refractivity contribution is -0.116. The van der Waals surface area contributed by atoms with Gasteiger partial charge in [0.1, 0.15) is 5.82 Å². The number of carbonyl (C=O) groups excluding carboxylic acids is 2. The first kappa shape index (κ1) is 17.9. The van der Waals surface area contributed by atoms with Crippen LogP contribution in [-0.4, -0.2) is 11.8 Å². The standard InChI is InChI=1S/C18H18ClFN2O2/c1-3-17(23)21-12-8-7-11(2)16(9-12)22-18(24)10-13-14(19)5-4-6-15(13)20/h4-9H,3,10H2,1-2H3,(H,21,23)(H,22,24). The second-order valence-electron chi connectivity index (χ2n) is 5.36. The van der Waals surface area contributed by atoms with E-state index in [1.807, 2.05) is 6.92 Å². The predicted molar refractivity (Wildman–Crippen MR) is 93.8 cm³/mol. The second kappa shape index (κ2) is 7.93. The van der Waals surface area contributed by atoms with E-state index in [1.165, 1.54) is 12.1 Å². The maximum absolute atomic E-state index is 13.8. The molecule has 4 nitrogen and oxygen atoms in total. The van der Waals surface area contributed by atoms with Crippen LogP contribution in [0.15, 0.2) is 36.4 Å². The summed E-state index contributed by atoms with van der Waals surface area (Å²) in [7, 11) is 0. The van der Waals surface area contributed by atoms with Crippen LogP contribution in [-0.2, 0) is 16.0 Å². The van der Waals surface area contributed by atoms with Gasteiger partial charge in [-0.1, -0.05) is 30.7 Å². The molecule has 126 valence electrons. The molecule has 2 rings (SSSR count). The van der Waals surface area contributed by atoms with Crippen molar-refractivity contribution in [2.24, 2.45) is 0 Å². The minimum Gasteiger partial charge on any atom is -0.326 e. The van der Waals surface area contributed by atoms with E-state index in [9.17, 15) is 14.0 Å². The van der Waals surface area contributed by atoms with Gasteiger partial charge in [-0.3, -0.25) is 9.59 Å². The number of hydrogen-bond acceptors (Lipinski definition) is 2. The molecule has 6 heteroatoms. The molecule has 2 aromatic carbocycles. The molecule has 24 heavy (non-hydrogen) atoms. The van der Waals surface area contributed by atoms with Gasteiger partial charge in [0.15, 0.2) is 0 Å². The third kappa shape index (κ3) is 4.55. The Morgan fingerprint density at radius 3 is 2.54 bits per heavy atom. The van der Waals surface area contributed by atoms with Gasteiger partial charge in [0.2, 0.25) is 11.8 Å². The van der Waals surface area contributed by atoms with Crippen molar-refractivity contribution in [3.8, 4) is 0 Å². The molecule has 0 spiro atoms. The van der Waals surface area contributed by atoms with Crippen LogP contribution in [0.2, 0.25) is 5.02 Å². The summed E-state index contributed by atoms with van der Waals surface area (Å²) >= 11 is 5.94. The molecule has 0 aliphatic heterocycles. The van der Waals surface area contributed by atoms with E-state index >= 15 is 0 Å². The summed E-state index contributed by atoms with van der Waals surface area (Å²) in [4.78, 5) is 23.7. The summed E-state index contributed by atoms with van der Waals surface area (Å²) in [5.41, 5.74) is 2.13. The average molecular weight is 349 g/mol. The lowest BCUT2D eigenvalue weighted by atomic mass is 10.1. The lowest BCUT2D eigenvalue weighted by Crippen LogP contribution is -2.17. The van der Waals surface area contributed by atoms with Crippen LogP contribution in [0.5, 0.6) is 0 Å². The molecule has 0 fully saturated rings. The third-order valence-electron chi connectivity index (χ3n) is 3.52. The Kier molecular flexibility index (Phi) is 5.93. The van der Waals surface area contributed by atoms with Crippen LogP contribution < -0.4 is 10.6 Å². The first-order valence-electron chi connectivity index (χ1n) is 7.54. The molecule has 0 saturated heterocycles. The molecule has 0 aliphatic carbocycles.